The summed E-state index contributed by atoms with van der Waals surface area (Å²) in [5.74, 6) is 0.730. The topological polar surface area (TPSA) is 66.2 Å². The van der Waals surface area contributed by atoms with Gasteiger partial charge < -0.3 is 24.3 Å². The maximum Gasteiger partial charge on any atom is 0.318 e. The molecule has 0 radical (unpaired) electrons. The molecule has 8 heteroatoms. The summed E-state index contributed by atoms with van der Waals surface area (Å²) in [6.07, 6.45) is 5.22. The second-order valence-corrected chi connectivity index (χ2v) is 12.0. The zero-order valence-corrected chi connectivity index (χ0v) is 24.8. The molecule has 2 saturated heterocycles. The van der Waals surface area contributed by atoms with Crippen molar-refractivity contribution in [3.63, 3.8) is 0 Å². The molecule has 2 aromatic carbocycles. The number of piperidine rings is 1. The van der Waals surface area contributed by atoms with Crippen LogP contribution in [0.5, 0.6) is 6.01 Å². The number of hydrogen-bond donors (Lipinski definition) is 0. The van der Waals surface area contributed by atoms with Crippen LogP contribution in [0, 0.1) is 25.3 Å². The van der Waals surface area contributed by atoms with E-state index >= 15 is 0 Å². The highest BCUT2D eigenvalue weighted by Crippen LogP contribution is 2.37. The molecule has 218 valence electrons. The standard InChI is InChI=1S/C34H40N6O2/c1-5-31(41)27-14-18-40(20-25(27)19-35-3)33-28-15-17-39(30-13-7-11-24-10-6-9-23(2)32(24)30)21-29(28)36-34(37-33)42-22-26-12-8-16-38(26)4/h5-7,9-11,13,25-27H,1,8,12,14-22H2,2,4H3/t25-,26+,27?/m1/s1. The predicted octanol–water partition coefficient (Wildman–Crippen LogP) is 5.09. The monoisotopic (exact) mass is 564 g/mol. The molecule has 2 fully saturated rings. The zero-order chi connectivity index (χ0) is 29.2. The number of ether oxygens (including phenoxy) is 1. The Balaban J connectivity index is 1.34. The number of likely N-dealkylation sites (tertiary alicyclic amines) is 1. The lowest BCUT2D eigenvalue weighted by Gasteiger charge is -2.39. The van der Waals surface area contributed by atoms with Crippen molar-refractivity contribution in [1.82, 2.24) is 14.9 Å². The summed E-state index contributed by atoms with van der Waals surface area (Å²) in [4.78, 5) is 33.4. The summed E-state index contributed by atoms with van der Waals surface area (Å²) in [5, 5.41) is 2.53. The van der Waals surface area contributed by atoms with E-state index in [4.69, 9.17) is 21.3 Å². The Bertz CT molecular complexity index is 1530. The van der Waals surface area contributed by atoms with Gasteiger partial charge in [0.05, 0.1) is 18.2 Å². The second-order valence-electron chi connectivity index (χ2n) is 12.0. The number of nitrogens with zero attached hydrogens (tertiary/aromatic N) is 6. The molecule has 42 heavy (non-hydrogen) atoms. The molecular weight excluding hydrogens is 524 g/mol. The fourth-order valence-electron chi connectivity index (χ4n) is 7.10. The predicted molar refractivity (Wildman–Crippen MR) is 167 cm³/mol. The van der Waals surface area contributed by atoms with Crippen molar-refractivity contribution in [2.24, 2.45) is 11.8 Å². The van der Waals surface area contributed by atoms with Gasteiger partial charge in [-0.3, -0.25) is 4.79 Å². The first kappa shape index (κ1) is 28.2. The molecule has 0 saturated carbocycles. The first-order valence-electron chi connectivity index (χ1n) is 15.2. The Morgan fingerprint density at radius 1 is 1.14 bits per heavy atom. The fraction of sp³-hybridized carbons (Fsp3) is 0.471. The lowest BCUT2D eigenvalue weighted by molar-refractivity contribution is -0.120. The Labute approximate surface area is 248 Å². The van der Waals surface area contributed by atoms with Gasteiger partial charge in [-0.2, -0.15) is 9.97 Å². The normalized spacial score (nSPS) is 22.5. The highest BCUT2D eigenvalue weighted by atomic mass is 16.5. The van der Waals surface area contributed by atoms with Gasteiger partial charge in [0.1, 0.15) is 12.4 Å². The van der Waals surface area contributed by atoms with E-state index in [0.29, 0.717) is 51.3 Å². The van der Waals surface area contributed by atoms with Crippen molar-refractivity contribution < 1.29 is 9.53 Å². The molecule has 0 amide bonds. The first-order chi connectivity index (χ1) is 20.5. The number of ketones is 1. The average molecular weight is 565 g/mol. The second kappa shape index (κ2) is 12.1. The Morgan fingerprint density at radius 3 is 2.74 bits per heavy atom. The number of allylic oxidation sites excluding steroid dienone is 1. The molecule has 1 unspecified atom stereocenters. The van der Waals surface area contributed by atoms with Gasteiger partial charge in [-0.15, -0.1) is 0 Å². The van der Waals surface area contributed by atoms with Gasteiger partial charge in [-0.25, -0.2) is 6.57 Å². The summed E-state index contributed by atoms with van der Waals surface area (Å²) >= 11 is 0. The minimum Gasteiger partial charge on any atom is -0.462 e. The first-order valence-corrected chi connectivity index (χ1v) is 15.2. The van der Waals surface area contributed by atoms with Crippen molar-refractivity contribution in [3.8, 4) is 6.01 Å². The van der Waals surface area contributed by atoms with Crippen LogP contribution in [0.15, 0.2) is 49.1 Å². The molecule has 3 aliphatic heterocycles. The molecule has 3 aromatic rings. The van der Waals surface area contributed by atoms with Crippen LogP contribution < -0.4 is 14.5 Å². The van der Waals surface area contributed by atoms with E-state index < -0.39 is 0 Å². The number of carbonyl (C=O) groups is 1. The summed E-state index contributed by atoms with van der Waals surface area (Å²) < 4.78 is 6.31. The molecule has 0 bridgehead atoms. The third-order valence-corrected chi connectivity index (χ3v) is 9.46. The van der Waals surface area contributed by atoms with Crippen LogP contribution in [0.4, 0.5) is 11.5 Å². The van der Waals surface area contributed by atoms with Crippen LogP contribution in [-0.4, -0.2) is 73.1 Å². The number of aryl methyl sites for hydroxylation is 1. The van der Waals surface area contributed by atoms with Gasteiger partial charge >= 0.3 is 6.01 Å². The number of likely N-dealkylation sites (N-methyl/N-ethyl adjacent to an activating group) is 1. The van der Waals surface area contributed by atoms with Crippen LogP contribution >= 0.6 is 0 Å². The van der Waals surface area contributed by atoms with Crippen molar-refractivity contribution in [1.29, 1.82) is 0 Å². The number of anilines is 2. The van der Waals surface area contributed by atoms with Crippen LogP contribution in [0.3, 0.4) is 0 Å². The van der Waals surface area contributed by atoms with Gasteiger partial charge in [0.15, 0.2) is 5.78 Å². The summed E-state index contributed by atoms with van der Waals surface area (Å²) in [7, 11) is 2.15. The Kier molecular flexibility index (Phi) is 8.12. The van der Waals surface area contributed by atoms with E-state index in [1.165, 1.54) is 34.5 Å². The molecule has 6 rings (SSSR count). The van der Waals surface area contributed by atoms with Crippen molar-refractivity contribution >= 4 is 28.1 Å². The number of rotatable bonds is 8. The zero-order valence-electron chi connectivity index (χ0n) is 24.8. The SMILES string of the molecule is [C-]#[N+]C[C@@H]1CN(c2nc(OC[C@@H]3CCCN3C)nc3c2CCN(c2cccc4cccc(C)c24)C3)CCC1C(=O)C=C. The summed E-state index contributed by atoms with van der Waals surface area (Å²) in [5.41, 5.74) is 4.65. The van der Waals surface area contributed by atoms with E-state index in [2.05, 4.69) is 76.5 Å². The lowest BCUT2D eigenvalue weighted by atomic mass is 9.82. The number of hydrogen-bond acceptors (Lipinski definition) is 7. The number of aromatic nitrogens is 2. The maximum atomic E-state index is 12.6. The van der Waals surface area contributed by atoms with Crippen molar-refractivity contribution in [2.45, 2.75) is 45.2 Å². The highest BCUT2D eigenvalue weighted by Gasteiger charge is 2.37. The minimum atomic E-state index is -0.163. The highest BCUT2D eigenvalue weighted by molar-refractivity contribution is 5.97. The van der Waals surface area contributed by atoms with Crippen molar-refractivity contribution in [2.75, 3.05) is 56.2 Å². The van der Waals surface area contributed by atoms with E-state index in [9.17, 15) is 4.79 Å². The largest absolute Gasteiger partial charge is 0.462 e. The van der Waals surface area contributed by atoms with Gasteiger partial charge in [0.2, 0.25) is 6.54 Å². The molecule has 0 N–H and O–H groups in total. The molecule has 0 aliphatic carbocycles. The fourth-order valence-corrected chi connectivity index (χ4v) is 7.10. The third kappa shape index (κ3) is 5.46. The molecule has 1 aromatic heterocycles. The van der Waals surface area contributed by atoms with E-state index in [1.807, 2.05) is 0 Å². The molecule has 4 heterocycles. The maximum absolute atomic E-state index is 12.6. The van der Waals surface area contributed by atoms with E-state index in [1.54, 1.807) is 0 Å². The van der Waals surface area contributed by atoms with Crippen molar-refractivity contribution in [3.05, 3.63) is 77.3 Å². The van der Waals surface area contributed by atoms with E-state index in [-0.39, 0.29) is 17.6 Å². The van der Waals surface area contributed by atoms with Crippen LogP contribution in [0.2, 0.25) is 0 Å². The summed E-state index contributed by atoms with van der Waals surface area (Å²) in [6, 6.07) is 13.8. The smallest absolute Gasteiger partial charge is 0.318 e. The van der Waals surface area contributed by atoms with Gasteiger partial charge in [0.25, 0.3) is 0 Å². The Morgan fingerprint density at radius 2 is 1.98 bits per heavy atom. The van der Waals surface area contributed by atoms with Crippen LogP contribution in [-0.2, 0) is 17.8 Å². The molecular formula is C34H40N6O2. The van der Waals surface area contributed by atoms with Gasteiger partial charge in [0, 0.05) is 48.2 Å². The third-order valence-electron chi connectivity index (χ3n) is 9.46. The van der Waals surface area contributed by atoms with Gasteiger partial charge in [-0.1, -0.05) is 36.9 Å². The van der Waals surface area contributed by atoms with Crippen LogP contribution in [0.1, 0.15) is 36.1 Å². The number of fused-ring (bicyclic) bond motifs is 2. The quantitative estimate of drug-likeness (QED) is 0.279. The average Bonchev–Trinajstić information content (AvgIpc) is 3.43. The molecule has 3 aliphatic rings. The molecule has 8 nitrogen and oxygen atoms in total. The molecule has 3 atom stereocenters. The number of benzene rings is 2. The molecule has 0 spiro atoms. The number of carbonyl (C=O) groups excluding carboxylic acids is 1. The lowest BCUT2D eigenvalue weighted by Crippen LogP contribution is -2.45. The van der Waals surface area contributed by atoms with Crippen LogP contribution in [0.25, 0.3) is 15.6 Å². The summed E-state index contributed by atoms with van der Waals surface area (Å²) in [6.45, 7) is 18.2. The minimum absolute atomic E-state index is 0.0405. The van der Waals surface area contributed by atoms with E-state index in [0.717, 1.165) is 43.0 Å². The van der Waals surface area contributed by atoms with Gasteiger partial charge in [-0.05, 0) is 69.3 Å². The Hall–Kier alpha value is -3.96.